The van der Waals surface area contributed by atoms with Gasteiger partial charge >= 0.3 is 0 Å². The largest absolute Gasteiger partial charge is 0.456 e. The summed E-state index contributed by atoms with van der Waals surface area (Å²) in [4.78, 5) is 19.1. The fraction of sp³-hybridized carbons (Fsp3) is 0.333. The summed E-state index contributed by atoms with van der Waals surface area (Å²) >= 11 is 0. The quantitative estimate of drug-likeness (QED) is 0.752. The number of carbonyl (C=O) groups is 1. The van der Waals surface area contributed by atoms with E-state index in [4.69, 9.17) is 4.42 Å². The number of amides is 1. The van der Waals surface area contributed by atoms with E-state index in [-0.39, 0.29) is 5.91 Å². The minimum atomic E-state index is -0.0413. The zero-order valence-corrected chi connectivity index (χ0v) is 15.5. The van der Waals surface area contributed by atoms with Gasteiger partial charge in [-0.2, -0.15) is 0 Å². The number of nitrogens with zero attached hydrogens (tertiary/aromatic N) is 3. The monoisotopic (exact) mass is 364 g/mol. The van der Waals surface area contributed by atoms with Crippen LogP contribution in [0.3, 0.4) is 0 Å². The molecule has 1 amide bonds. The average Bonchev–Trinajstić information content (AvgIpc) is 3.26. The first-order valence-electron chi connectivity index (χ1n) is 9.33. The topological polar surface area (TPSA) is 63.3 Å². The molecule has 4 rings (SSSR count). The van der Waals surface area contributed by atoms with Gasteiger partial charge in [-0.3, -0.25) is 4.79 Å². The fourth-order valence-electron chi connectivity index (χ4n) is 3.59. The number of furan rings is 1. The van der Waals surface area contributed by atoms with Crippen molar-refractivity contribution in [2.45, 2.75) is 26.4 Å². The van der Waals surface area contributed by atoms with Gasteiger partial charge < -0.3 is 19.2 Å². The van der Waals surface area contributed by atoms with Crippen LogP contribution in [0.25, 0.3) is 0 Å². The number of aryl methyl sites for hydroxylation is 1. The number of fused-ring (bicyclic) bond motifs is 1. The highest BCUT2D eigenvalue weighted by molar-refractivity contribution is 5.91. The van der Waals surface area contributed by atoms with E-state index in [2.05, 4.69) is 27.1 Å². The summed E-state index contributed by atoms with van der Waals surface area (Å²) in [5.41, 5.74) is 1.16. The van der Waals surface area contributed by atoms with Gasteiger partial charge in [0, 0.05) is 37.7 Å². The first-order valence-corrected chi connectivity index (χ1v) is 9.33. The predicted octanol–water partition coefficient (Wildman–Crippen LogP) is 3.56. The highest BCUT2D eigenvalue weighted by atomic mass is 16.3. The molecule has 6 heteroatoms. The summed E-state index contributed by atoms with van der Waals surface area (Å²) < 4.78 is 7.82. The Kier molecular flexibility index (Phi) is 4.96. The van der Waals surface area contributed by atoms with Crippen LogP contribution in [0.15, 0.2) is 59.3 Å². The molecule has 0 spiro atoms. The molecule has 3 aromatic heterocycles. The molecule has 1 N–H and O–H groups in total. The maximum absolute atomic E-state index is 12.9. The first-order chi connectivity index (χ1) is 13.2. The van der Waals surface area contributed by atoms with E-state index in [9.17, 15) is 4.79 Å². The molecule has 0 radical (unpaired) electrons. The molecule has 4 heterocycles. The Morgan fingerprint density at radius 2 is 2.15 bits per heavy atom. The van der Waals surface area contributed by atoms with Crippen LogP contribution in [0.5, 0.6) is 0 Å². The van der Waals surface area contributed by atoms with E-state index in [0.29, 0.717) is 24.8 Å². The molecular weight excluding hydrogens is 340 g/mol. The van der Waals surface area contributed by atoms with E-state index in [1.54, 1.807) is 12.3 Å². The van der Waals surface area contributed by atoms with Crippen LogP contribution in [0, 0.1) is 12.8 Å². The van der Waals surface area contributed by atoms with Gasteiger partial charge in [0.25, 0.3) is 5.91 Å². The zero-order valence-electron chi connectivity index (χ0n) is 15.5. The second kappa shape index (κ2) is 7.70. The highest BCUT2D eigenvalue weighted by Gasteiger charge is 2.27. The van der Waals surface area contributed by atoms with Gasteiger partial charge in [0.15, 0.2) is 5.76 Å². The Hall–Kier alpha value is -3.02. The van der Waals surface area contributed by atoms with Gasteiger partial charge in [-0.1, -0.05) is 6.07 Å². The summed E-state index contributed by atoms with van der Waals surface area (Å²) in [5, 5.41) is 3.37. The normalized spacial score (nSPS) is 16.6. The lowest BCUT2D eigenvalue weighted by Gasteiger charge is -2.23. The minimum absolute atomic E-state index is 0.0413. The van der Waals surface area contributed by atoms with Crippen molar-refractivity contribution in [3.63, 3.8) is 0 Å². The van der Waals surface area contributed by atoms with Crippen molar-refractivity contribution in [3.8, 4) is 0 Å². The lowest BCUT2D eigenvalue weighted by atomic mass is 10.0. The van der Waals surface area contributed by atoms with Crippen LogP contribution < -0.4 is 5.32 Å². The number of anilines is 1. The van der Waals surface area contributed by atoms with E-state index in [1.807, 2.05) is 42.2 Å². The Morgan fingerprint density at radius 1 is 1.22 bits per heavy atom. The molecule has 1 atom stereocenters. The number of carbonyl (C=O) groups excluding carboxylic acids is 1. The van der Waals surface area contributed by atoms with Crippen LogP contribution in [-0.2, 0) is 13.1 Å². The number of hydrogen-bond donors (Lipinski definition) is 1. The Bertz CT molecular complexity index is 900. The zero-order chi connectivity index (χ0) is 18.6. The molecule has 0 unspecified atom stereocenters. The Balaban J connectivity index is 1.46. The van der Waals surface area contributed by atoms with Crippen LogP contribution in [0.4, 0.5) is 5.82 Å². The molecule has 0 aromatic carbocycles. The third-order valence-corrected chi connectivity index (χ3v) is 4.97. The van der Waals surface area contributed by atoms with Crippen molar-refractivity contribution in [1.82, 2.24) is 14.5 Å². The maximum atomic E-state index is 12.9. The number of pyridine rings is 1. The van der Waals surface area contributed by atoms with E-state index >= 15 is 0 Å². The SMILES string of the molecule is Cc1ccc(C(=O)N2Cc3cccn3C[C@@H](CCNc3ccccn3)C2)o1. The predicted molar refractivity (Wildman–Crippen MR) is 103 cm³/mol. The molecule has 140 valence electrons. The number of aromatic nitrogens is 2. The molecule has 0 aliphatic carbocycles. The molecule has 27 heavy (non-hydrogen) atoms. The minimum Gasteiger partial charge on any atom is -0.456 e. The summed E-state index contributed by atoms with van der Waals surface area (Å²) in [6, 6.07) is 13.6. The second-order valence-corrected chi connectivity index (χ2v) is 7.04. The summed E-state index contributed by atoms with van der Waals surface area (Å²) in [6.07, 6.45) is 4.83. The smallest absolute Gasteiger partial charge is 0.289 e. The third-order valence-electron chi connectivity index (χ3n) is 4.97. The lowest BCUT2D eigenvalue weighted by Crippen LogP contribution is -2.34. The molecule has 3 aromatic rings. The van der Waals surface area contributed by atoms with Crippen molar-refractivity contribution in [2.75, 3.05) is 18.4 Å². The van der Waals surface area contributed by atoms with Crippen LogP contribution in [0.2, 0.25) is 0 Å². The van der Waals surface area contributed by atoms with Gasteiger partial charge in [-0.15, -0.1) is 0 Å². The van der Waals surface area contributed by atoms with Gasteiger partial charge in [0.2, 0.25) is 0 Å². The van der Waals surface area contributed by atoms with E-state index < -0.39 is 0 Å². The summed E-state index contributed by atoms with van der Waals surface area (Å²) in [7, 11) is 0. The standard InChI is InChI=1S/C21H24N4O2/c1-16-7-8-19(27-16)21(26)25-14-17(13-24-12-4-5-18(24)15-25)9-11-23-20-6-2-3-10-22-20/h2-8,10,12,17H,9,11,13-15H2,1H3,(H,22,23)/t17-/m1/s1. The second-order valence-electron chi connectivity index (χ2n) is 7.04. The average molecular weight is 364 g/mol. The van der Waals surface area contributed by atoms with Crippen molar-refractivity contribution in [1.29, 1.82) is 0 Å². The lowest BCUT2D eigenvalue weighted by molar-refractivity contribution is 0.0686. The van der Waals surface area contributed by atoms with Crippen LogP contribution in [-0.4, -0.2) is 33.4 Å². The molecule has 0 fully saturated rings. The summed E-state index contributed by atoms with van der Waals surface area (Å²) in [5.74, 6) is 2.37. The Labute approximate surface area is 158 Å². The number of nitrogens with one attached hydrogen (secondary N) is 1. The first kappa shape index (κ1) is 17.4. The van der Waals surface area contributed by atoms with Gasteiger partial charge in [0.1, 0.15) is 11.6 Å². The van der Waals surface area contributed by atoms with Crippen molar-refractivity contribution in [2.24, 2.45) is 5.92 Å². The molecule has 1 aliphatic heterocycles. The molecule has 0 bridgehead atoms. The molecule has 1 aliphatic rings. The van der Waals surface area contributed by atoms with Crippen LogP contribution in [0.1, 0.15) is 28.4 Å². The van der Waals surface area contributed by atoms with Gasteiger partial charge in [-0.25, -0.2) is 4.98 Å². The van der Waals surface area contributed by atoms with Crippen LogP contribution >= 0.6 is 0 Å². The summed E-state index contributed by atoms with van der Waals surface area (Å²) in [6.45, 7) is 4.91. The van der Waals surface area contributed by atoms with Gasteiger partial charge in [-0.05, 0) is 55.7 Å². The van der Waals surface area contributed by atoms with E-state index in [0.717, 1.165) is 36.8 Å². The fourth-order valence-corrected chi connectivity index (χ4v) is 3.59. The van der Waals surface area contributed by atoms with Gasteiger partial charge in [0.05, 0.1) is 6.54 Å². The maximum Gasteiger partial charge on any atom is 0.289 e. The highest BCUT2D eigenvalue weighted by Crippen LogP contribution is 2.22. The van der Waals surface area contributed by atoms with Crippen molar-refractivity contribution in [3.05, 3.63) is 72.1 Å². The Morgan fingerprint density at radius 3 is 2.93 bits per heavy atom. The molecule has 0 saturated heterocycles. The molecule has 6 nitrogen and oxygen atoms in total. The molecular formula is C21H24N4O2. The number of rotatable bonds is 5. The number of hydrogen-bond acceptors (Lipinski definition) is 4. The van der Waals surface area contributed by atoms with Crippen molar-refractivity contribution < 1.29 is 9.21 Å². The van der Waals surface area contributed by atoms with Crippen molar-refractivity contribution >= 4 is 11.7 Å². The third kappa shape index (κ3) is 4.05. The molecule has 0 saturated carbocycles. The van der Waals surface area contributed by atoms with E-state index in [1.165, 1.54) is 0 Å².